The lowest BCUT2D eigenvalue weighted by Gasteiger charge is -2.12. The predicted molar refractivity (Wildman–Crippen MR) is 87.3 cm³/mol. The summed E-state index contributed by atoms with van der Waals surface area (Å²) in [5.41, 5.74) is 2.48. The predicted octanol–water partition coefficient (Wildman–Crippen LogP) is 1.69. The van der Waals surface area contributed by atoms with Crippen LogP contribution in [0, 0.1) is 6.92 Å². The van der Waals surface area contributed by atoms with Crippen LogP contribution in [-0.4, -0.2) is 41.2 Å². The molecule has 0 aliphatic carbocycles. The van der Waals surface area contributed by atoms with Crippen molar-refractivity contribution in [1.29, 1.82) is 0 Å². The van der Waals surface area contributed by atoms with E-state index in [1.165, 1.54) is 0 Å². The summed E-state index contributed by atoms with van der Waals surface area (Å²) >= 11 is 0. The molecule has 1 heterocycles. The number of hydrogen-bond donors (Lipinski definition) is 3. The normalized spacial score (nSPS) is 12.0. The zero-order valence-electron chi connectivity index (χ0n) is 13.3. The molecule has 0 aliphatic rings. The maximum Gasteiger partial charge on any atom is 0.319 e. The lowest BCUT2D eigenvalue weighted by molar-refractivity contribution is 0.175. The van der Waals surface area contributed by atoms with Gasteiger partial charge in [0.1, 0.15) is 0 Å². The van der Waals surface area contributed by atoms with Crippen molar-refractivity contribution >= 4 is 11.7 Å². The van der Waals surface area contributed by atoms with Crippen molar-refractivity contribution in [2.75, 3.05) is 25.6 Å². The summed E-state index contributed by atoms with van der Waals surface area (Å²) in [6.45, 7) is 3.28. The Balaban J connectivity index is 1.78. The van der Waals surface area contributed by atoms with Crippen molar-refractivity contribution in [2.45, 2.75) is 19.6 Å². The van der Waals surface area contributed by atoms with Gasteiger partial charge >= 0.3 is 6.03 Å². The minimum Gasteiger partial charge on any atom is -0.387 e. The van der Waals surface area contributed by atoms with Crippen LogP contribution in [0.3, 0.4) is 0 Å². The van der Waals surface area contributed by atoms with Gasteiger partial charge in [-0.1, -0.05) is 29.8 Å². The fraction of sp³-hybridized carbons (Fsp3) is 0.375. The molecule has 1 atom stereocenters. The quantitative estimate of drug-likeness (QED) is 0.725. The van der Waals surface area contributed by atoms with Crippen molar-refractivity contribution in [1.82, 2.24) is 15.1 Å². The summed E-state index contributed by atoms with van der Waals surface area (Å²) in [6, 6.07) is 7.15. The Kier molecular flexibility index (Phi) is 6.13. The maximum atomic E-state index is 11.8. The third-order valence-electron chi connectivity index (χ3n) is 3.33. The number of aliphatic hydroxyl groups excluding tert-OH is 1. The number of benzene rings is 1. The Hall–Kier alpha value is -2.38. The number of ether oxygens (including phenoxy) is 1. The second kappa shape index (κ2) is 8.30. The number of nitrogens with one attached hydrogen (secondary N) is 2. The standard InChI is InChI=1S/C16H22N4O3/c1-12-3-5-13(6-4-12)15(21)10-17-16(22)19-14-9-18-20(11-14)7-8-23-2/h3-6,9,11,15,21H,7-8,10H2,1-2H3,(H2,17,19,22)/t15-/m0/s1. The molecule has 0 saturated carbocycles. The van der Waals surface area contributed by atoms with E-state index < -0.39 is 6.10 Å². The molecule has 2 aromatic rings. The van der Waals surface area contributed by atoms with E-state index in [-0.39, 0.29) is 12.6 Å². The van der Waals surface area contributed by atoms with Crippen LogP contribution in [0.15, 0.2) is 36.7 Å². The van der Waals surface area contributed by atoms with Crippen molar-refractivity contribution in [2.24, 2.45) is 0 Å². The van der Waals surface area contributed by atoms with Crippen LogP contribution >= 0.6 is 0 Å². The molecule has 7 nitrogen and oxygen atoms in total. The van der Waals surface area contributed by atoms with E-state index in [0.29, 0.717) is 18.8 Å². The van der Waals surface area contributed by atoms with Gasteiger partial charge in [0, 0.05) is 19.9 Å². The summed E-state index contributed by atoms with van der Waals surface area (Å²) < 4.78 is 6.64. The smallest absolute Gasteiger partial charge is 0.319 e. The van der Waals surface area contributed by atoms with E-state index in [2.05, 4.69) is 15.7 Å². The summed E-state index contributed by atoms with van der Waals surface area (Å²) in [4.78, 5) is 11.8. The number of hydrogen-bond acceptors (Lipinski definition) is 4. The largest absolute Gasteiger partial charge is 0.387 e. The molecular weight excluding hydrogens is 296 g/mol. The first-order chi connectivity index (χ1) is 11.1. The van der Waals surface area contributed by atoms with Gasteiger partial charge in [-0.2, -0.15) is 5.10 Å². The Morgan fingerprint density at radius 3 is 2.83 bits per heavy atom. The average Bonchev–Trinajstić information content (AvgIpc) is 2.98. The fourth-order valence-electron chi connectivity index (χ4n) is 2.01. The van der Waals surface area contributed by atoms with E-state index in [0.717, 1.165) is 11.1 Å². The van der Waals surface area contributed by atoms with E-state index in [4.69, 9.17) is 4.74 Å². The Bertz CT molecular complexity index is 625. The lowest BCUT2D eigenvalue weighted by Crippen LogP contribution is -2.32. The third kappa shape index (κ3) is 5.39. The highest BCUT2D eigenvalue weighted by molar-refractivity contribution is 5.88. The number of aliphatic hydroxyl groups is 1. The zero-order chi connectivity index (χ0) is 16.7. The molecule has 1 aromatic heterocycles. The SMILES string of the molecule is COCCn1cc(NC(=O)NC[C@H](O)c2ccc(C)cc2)cn1. The molecule has 7 heteroatoms. The third-order valence-corrected chi connectivity index (χ3v) is 3.33. The van der Waals surface area contributed by atoms with Gasteiger partial charge in [0.05, 0.1) is 31.1 Å². The maximum absolute atomic E-state index is 11.8. The fourth-order valence-corrected chi connectivity index (χ4v) is 2.01. The molecule has 1 aromatic carbocycles. The highest BCUT2D eigenvalue weighted by Crippen LogP contribution is 2.12. The number of methoxy groups -OCH3 is 1. The first kappa shape index (κ1) is 17.0. The van der Waals surface area contributed by atoms with Crippen LogP contribution in [0.2, 0.25) is 0 Å². The number of amides is 2. The molecule has 0 spiro atoms. The monoisotopic (exact) mass is 318 g/mol. The average molecular weight is 318 g/mol. The molecular formula is C16H22N4O3. The first-order valence-electron chi connectivity index (χ1n) is 7.39. The van der Waals surface area contributed by atoms with Gasteiger partial charge in [-0.25, -0.2) is 4.79 Å². The Labute approximate surface area is 135 Å². The van der Waals surface area contributed by atoms with Crippen LogP contribution in [-0.2, 0) is 11.3 Å². The van der Waals surface area contributed by atoms with Crippen LogP contribution in [0.1, 0.15) is 17.2 Å². The van der Waals surface area contributed by atoms with Gasteiger partial charge in [0.15, 0.2) is 0 Å². The number of nitrogens with zero attached hydrogens (tertiary/aromatic N) is 2. The van der Waals surface area contributed by atoms with Crippen LogP contribution < -0.4 is 10.6 Å². The van der Waals surface area contributed by atoms with Gasteiger partial charge in [-0.05, 0) is 12.5 Å². The molecule has 3 N–H and O–H groups in total. The van der Waals surface area contributed by atoms with Gasteiger partial charge in [0.2, 0.25) is 0 Å². The number of carbonyl (C=O) groups is 1. The second-order valence-corrected chi connectivity index (χ2v) is 5.25. The van der Waals surface area contributed by atoms with Crippen molar-refractivity contribution in [3.8, 4) is 0 Å². The molecule has 0 radical (unpaired) electrons. The second-order valence-electron chi connectivity index (χ2n) is 5.25. The Morgan fingerprint density at radius 2 is 2.13 bits per heavy atom. The molecule has 0 unspecified atom stereocenters. The minimum absolute atomic E-state index is 0.132. The number of anilines is 1. The minimum atomic E-state index is -0.745. The van der Waals surface area contributed by atoms with E-state index in [9.17, 15) is 9.90 Å². The van der Waals surface area contributed by atoms with Gasteiger partial charge in [0.25, 0.3) is 0 Å². The highest BCUT2D eigenvalue weighted by Gasteiger charge is 2.10. The van der Waals surface area contributed by atoms with E-state index >= 15 is 0 Å². The van der Waals surface area contributed by atoms with E-state index in [1.54, 1.807) is 24.2 Å². The molecule has 2 rings (SSSR count). The summed E-state index contributed by atoms with van der Waals surface area (Å²) in [5, 5.41) is 19.5. The summed E-state index contributed by atoms with van der Waals surface area (Å²) in [7, 11) is 1.62. The molecule has 0 bridgehead atoms. The summed E-state index contributed by atoms with van der Waals surface area (Å²) in [6.07, 6.45) is 2.53. The number of rotatable bonds is 7. The van der Waals surface area contributed by atoms with Gasteiger partial charge < -0.3 is 20.5 Å². The molecule has 0 fully saturated rings. The first-order valence-corrected chi connectivity index (χ1v) is 7.39. The number of carbonyl (C=O) groups excluding carboxylic acids is 1. The summed E-state index contributed by atoms with van der Waals surface area (Å²) in [5.74, 6) is 0. The molecule has 2 amide bonds. The van der Waals surface area contributed by atoms with Crippen LogP contribution in [0.5, 0.6) is 0 Å². The van der Waals surface area contributed by atoms with Crippen molar-refractivity contribution in [3.63, 3.8) is 0 Å². The van der Waals surface area contributed by atoms with E-state index in [1.807, 2.05) is 31.2 Å². The van der Waals surface area contributed by atoms with Crippen LogP contribution in [0.4, 0.5) is 10.5 Å². The van der Waals surface area contributed by atoms with Crippen molar-refractivity contribution in [3.05, 3.63) is 47.8 Å². The lowest BCUT2D eigenvalue weighted by atomic mass is 10.1. The molecule has 23 heavy (non-hydrogen) atoms. The van der Waals surface area contributed by atoms with Gasteiger partial charge in [-0.15, -0.1) is 0 Å². The van der Waals surface area contributed by atoms with Crippen molar-refractivity contribution < 1.29 is 14.6 Å². The number of urea groups is 1. The zero-order valence-corrected chi connectivity index (χ0v) is 13.3. The number of aryl methyl sites for hydroxylation is 1. The topological polar surface area (TPSA) is 88.4 Å². The van der Waals surface area contributed by atoms with Crippen LogP contribution in [0.25, 0.3) is 0 Å². The Morgan fingerprint density at radius 1 is 1.39 bits per heavy atom. The van der Waals surface area contributed by atoms with Gasteiger partial charge in [-0.3, -0.25) is 4.68 Å². The number of aromatic nitrogens is 2. The molecule has 0 aliphatic heterocycles. The molecule has 124 valence electrons. The highest BCUT2D eigenvalue weighted by atomic mass is 16.5. The molecule has 0 saturated heterocycles.